The van der Waals surface area contributed by atoms with Crippen molar-refractivity contribution >= 4 is 46.2 Å². The molecule has 1 fully saturated rings. The quantitative estimate of drug-likeness (QED) is 0.284. The first-order valence-corrected chi connectivity index (χ1v) is 12.4. The number of amides is 2. The number of carbonyl (C=O) groups excluding carboxylic acids is 2. The van der Waals surface area contributed by atoms with Crippen LogP contribution in [0.25, 0.3) is 6.08 Å². The van der Waals surface area contributed by atoms with Crippen LogP contribution in [-0.4, -0.2) is 50.7 Å². The van der Waals surface area contributed by atoms with Gasteiger partial charge in [-0.2, -0.15) is 0 Å². The zero-order valence-corrected chi connectivity index (χ0v) is 20.5. The maximum absolute atomic E-state index is 12.8. The number of aryl methyl sites for hydroxylation is 1. The Morgan fingerprint density at radius 3 is 2.52 bits per heavy atom. The minimum absolute atomic E-state index is 0.0412. The van der Waals surface area contributed by atoms with Gasteiger partial charge in [-0.15, -0.1) is 0 Å². The summed E-state index contributed by atoms with van der Waals surface area (Å²) in [6.07, 6.45) is 4.68. The Kier molecular flexibility index (Phi) is 9.66. The first-order valence-electron chi connectivity index (χ1n) is 11.2. The molecule has 2 aromatic carbocycles. The van der Waals surface area contributed by atoms with Crippen molar-refractivity contribution in [3.63, 3.8) is 0 Å². The highest BCUT2D eigenvalue weighted by Crippen LogP contribution is 2.32. The second kappa shape index (κ2) is 12.7. The lowest BCUT2D eigenvalue weighted by atomic mass is 10.1. The molecule has 0 radical (unpaired) electrons. The number of benzene rings is 2. The smallest absolute Gasteiger partial charge is 0.266 e. The molecule has 1 N–H and O–H groups in total. The second-order valence-electron chi connectivity index (χ2n) is 8.08. The number of aliphatic hydroxyl groups is 1. The van der Waals surface area contributed by atoms with Crippen LogP contribution >= 0.6 is 24.0 Å². The predicted molar refractivity (Wildman–Crippen MR) is 138 cm³/mol. The zero-order valence-electron chi connectivity index (χ0n) is 18.9. The highest BCUT2D eigenvalue weighted by Gasteiger charge is 2.31. The molecule has 0 spiro atoms. The minimum atomic E-state index is -0.0524. The number of thioether (sulfide) groups is 1. The van der Waals surface area contributed by atoms with E-state index in [2.05, 4.69) is 0 Å². The van der Waals surface area contributed by atoms with Gasteiger partial charge in [0.05, 0.1) is 11.5 Å². The van der Waals surface area contributed by atoms with Gasteiger partial charge in [-0.3, -0.25) is 14.5 Å². The Hall–Kier alpha value is -2.48. The van der Waals surface area contributed by atoms with E-state index in [9.17, 15) is 14.7 Å². The van der Waals surface area contributed by atoms with Crippen molar-refractivity contribution in [3.05, 3.63) is 76.2 Å². The summed E-state index contributed by atoms with van der Waals surface area (Å²) in [5, 5.41) is 9.32. The zero-order chi connectivity index (χ0) is 23.6. The molecule has 5 nitrogen and oxygen atoms in total. The van der Waals surface area contributed by atoms with E-state index in [0.29, 0.717) is 35.3 Å². The molecular formula is C26H30N2O3S2. The van der Waals surface area contributed by atoms with Crippen LogP contribution in [0.3, 0.4) is 0 Å². The van der Waals surface area contributed by atoms with Crippen molar-refractivity contribution in [1.82, 2.24) is 9.80 Å². The third-order valence-electron chi connectivity index (χ3n) is 5.46. The van der Waals surface area contributed by atoms with Crippen LogP contribution in [0.1, 0.15) is 42.4 Å². The molecule has 3 rings (SSSR count). The summed E-state index contributed by atoms with van der Waals surface area (Å²) < 4.78 is 0.589. The third-order valence-corrected chi connectivity index (χ3v) is 6.84. The molecule has 0 aromatic heterocycles. The van der Waals surface area contributed by atoms with Crippen molar-refractivity contribution in [1.29, 1.82) is 0 Å². The van der Waals surface area contributed by atoms with Crippen molar-refractivity contribution in [3.8, 4) is 0 Å². The van der Waals surface area contributed by atoms with Crippen LogP contribution < -0.4 is 0 Å². The van der Waals surface area contributed by atoms with Gasteiger partial charge in [-0.05, 0) is 37.0 Å². The molecule has 33 heavy (non-hydrogen) atoms. The average molecular weight is 483 g/mol. The maximum Gasteiger partial charge on any atom is 0.266 e. The fourth-order valence-corrected chi connectivity index (χ4v) is 4.91. The Balaban J connectivity index is 1.43. The number of carbonyl (C=O) groups is 2. The van der Waals surface area contributed by atoms with Gasteiger partial charge >= 0.3 is 0 Å². The highest BCUT2D eigenvalue weighted by atomic mass is 32.2. The number of aliphatic hydroxyl groups excluding tert-OH is 1. The van der Waals surface area contributed by atoms with E-state index >= 15 is 0 Å². The van der Waals surface area contributed by atoms with Gasteiger partial charge < -0.3 is 10.0 Å². The molecule has 1 aliphatic heterocycles. The van der Waals surface area contributed by atoms with Crippen LogP contribution in [0, 0.1) is 6.92 Å². The van der Waals surface area contributed by atoms with E-state index in [-0.39, 0.29) is 18.4 Å². The SMILES string of the molecule is Cc1ccc(C=C2SC(=S)N(CCCCCC(=O)N(CCO)Cc3ccccc3)C2=O)cc1. The van der Waals surface area contributed by atoms with Crippen LogP contribution in [0.4, 0.5) is 0 Å². The van der Waals surface area contributed by atoms with E-state index in [1.54, 1.807) is 9.80 Å². The number of hydrogen-bond acceptors (Lipinski definition) is 5. The summed E-state index contributed by atoms with van der Waals surface area (Å²) in [4.78, 5) is 29.4. The van der Waals surface area contributed by atoms with Crippen LogP contribution in [0.5, 0.6) is 0 Å². The van der Waals surface area contributed by atoms with Gasteiger partial charge in [0.25, 0.3) is 5.91 Å². The Labute approximate surface area is 205 Å². The molecule has 0 aliphatic carbocycles. The van der Waals surface area contributed by atoms with Gasteiger partial charge in [-0.25, -0.2) is 0 Å². The van der Waals surface area contributed by atoms with Crippen LogP contribution in [0.2, 0.25) is 0 Å². The molecule has 0 saturated carbocycles. The Morgan fingerprint density at radius 2 is 1.82 bits per heavy atom. The number of hydrogen-bond donors (Lipinski definition) is 1. The molecule has 0 unspecified atom stereocenters. The minimum Gasteiger partial charge on any atom is -0.395 e. The van der Waals surface area contributed by atoms with Crippen LogP contribution in [0.15, 0.2) is 59.5 Å². The standard InChI is InChI=1S/C26H30N2O3S2/c1-20-11-13-21(14-12-20)18-23-25(31)28(26(32)33-23)15-7-3-6-10-24(30)27(16-17-29)19-22-8-4-2-5-9-22/h2,4-5,8-9,11-14,18,29H,3,6-7,10,15-17,19H2,1H3. The second-order valence-corrected chi connectivity index (χ2v) is 9.75. The monoisotopic (exact) mass is 482 g/mol. The van der Waals surface area contributed by atoms with Crippen molar-refractivity contribution in [2.75, 3.05) is 19.7 Å². The fourth-order valence-electron chi connectivity index (χ4n) is 3.60. The summed E-state index contributed by atoms with van der Waals surface area (Å²) in [6.45, 7) is 3.38. The summed E-state index contributed by atoms with van der Waals surface area (Å²) >= 11 is 6.76. The first-order chi connectivity index (χ1) is 16.0. The summed E-state index contributed by atoms with van der Waals surface area (Å²) in [6, 6.07) is 17.8. The van der Waals surface area contributed by atoms with E-state index in [1.807, 2.05) is 67.6 Å². The van der Waals surface area contributed by atoms with E-state index < -0.39 is 0 Å². The molecule has 1 heterocycles. The number of rotatable bonds is 11. The molecule has 2 amide bonds. The molecule has 0 atom stereocenters. The van der Waals surface area contributed by atoms with E-state index in [1.165, 1.54) is 17.3 Å². The number of nitrogens with zero attached hydrogens (tertiary/aromatic N) is 2. The van der Waals surface area contributed by atoms with E-state index in [4.69, 9.17) is 12.2 Å². The number of unbranched alkanes of at least 4 members (excludes halogenated alkanes) is 2. The topological polar surface area (TPSA) is 60.9 Å². The highest BCUT2D eigenvalue weighted by molar-refractivity contribution is 8.26. The first kappa shape index (κ1) is 25.1. The normalized spacial score (nSPS) is 14.8. The Morgan fingerprint density at radius 1 is 1.09 bits per heavy atom. The fraction of sp³-hybridized carbons (Fsp3) is 0.346. The average Bonchev–Trinajstić information content (AvgIpc) is 3.07. The largest absolute Gasteiger partial charge is 0.395 e. The van der Waals surface area contributed by atoms with Gasteiger partial charge in [0.2, 0.25) is 5.91 Å². The van der Waals surface area contributed by atoms with E-state index in [0.717, 1.165) is 30.4 Å². The molecule has 0 bridgehead atoms. The predicted octanol–water partition coefficient (Wildman–Crippen LogP) is 4.78. The summed E-state index contributed by atoms with van der Waals surface area (Å²) in [5.74, 6) is -0.00169. The summed E-state index contributed by atoms with van der Waals surface area (Å²) in [7, 11) is 0. The maximum atomic E-state index is 12.8. The molecule has 7 heteroatoms. The third kappa shape index (κ3) is 7.52. The molecule has 1 aliphatic rings. The Bertz CT molecular complexity index is 990. The van der Waals surface area contributed by atoms with Gasteiger partial charge in [0.15, 0.2) is 0 Å². The lowest BCUT2D eigenvalue weighted by Crippen LogP contribution is -2.33. The molecule has 2 aromatic rings. The van der Waals surface area contributed by atoms with Gasteiger partial charge in [0.1, 0.15) is 4.32 Å². The molecule has 174 valence electrons. The van der Waals surface area contributed by atoms with Crippen LogP contribution in [-0.2, 0) is 16.1 Å². The molecule has 1 saturated heterocycles. The lowest BCUT2D eigenvalue weighted by molar-refractivity contribution is -0.132. The van der Waals surface area contributed by atoms with Gasteiger partial charge in [0, 0.05) is 26.1 Å². The van der Waals surface area contributed by atoms with Crippen molar-refractivity contribution in [2.45, 2.75) is 39.2 Å². The molecular weight excluding hydrogens is 452 g/mol. The lowest BCUT2D eigenvalue weighted by Gasteiger charge is -2.22. The van der Waals surface area contributed by atoms with Crippen molar-refractivity contribution < 1.29 is 14.7 Å². The summed E-state index contributed by atoms with van der Waals surface area (Å²) in [5.41, 5.74) is 3.22. The number of thiocarbonyl (C=S) groups is 1. The van der Waals surface area contributed by atoms with Gasteiger partial charge in [-0.1, -0.05) is 90.6 Å². The van der Waals surface area contributed by atoms with Crippen molar-refractivity contribution in [2.24, 2.45) is 0 Å².